The van der Waals surface area contributed by atoms with Gasteiger partial charge in [0.25, 0.3) is 0 Å². The molecular formula is C46H40N2. The van der Waals surface area contributed by atoms with Crippen molar-refractivity contribution in [3.63, 3.8) is 0 Å². The Labute approximate surface area is 283 Å². The lowest BCUT2D eigenvalue weighted by molar-refractivity contribution is 0.0670. The second kappa shape index (κ2) is 10.7. The number of fused-ring (bicyclic) bond motifs is 11. The highest BCUT2D eigenvalue weighted by Gasteiger charge is 2.55. The molecule has 7 aromatic rings. The fourth-order valence-electron chi connectivity index (χ4n) is 10.4. The van der Waals surface area contributed by atoms with E-state index < -0.39 is 0 Å². The maximum absolute atomic E-state index is 2.59. The summed E-state index contributed by atoms with van der Waals surface area (Å²) >= 11 is 0. The van der Waals surface area contributed by atoms with Crippen LogP contribution in [0.25, 0.3) is 38.6 Å². The van der Waals surface area contributed by atoms with Crippen molar-refractivity contribution in [3.05, 3.63) is 157 Å². The molecule has 1 aromatic heterocycles. The number of hydrogen-bond donors (Lipinski definition) is 0. The summed E-state index contributed by atoms with van der Waals surface area (Å²) in [7, 11) is 0. The van der Waals surface area contributed by atoms with Gasteiger partial charge in [0.05, 0.1) is 11.0 Å². The van der Waals surface area contributed by atoms with Crippen molar-refractivity contribution in [1.29, 1.82) is 0 Å². The van der Waals surface area contributed by atoms with E-state index in [4.69, 9.17) is 0 Å². The summed E-state index contributed by atoms with van der Waals surface area (Å²) in [5.41, 5.74) is 13.3. The summed E-state index contributed by atoms with van der Waals surface area (Å²) in [5, 5.41) is 2.56. The van der Waals surface area contributed by atoms with Gasteiger partial charge >= 0.3 is 0 Å². The van der Waals surface area contributed by atoms with Crippen molar-refractivity contribution in [2.45, 2.75) is 44.4 Å². The van der Waals surface area contributed by atoms with Crippen LogP contribution in [-0.4, -0.2) is 4.57 Å². The van der Waals surface area contributed by atoms with Crippen molar-refractivity contribution < 1.29 is 0 Å². The second-order valence-electron chi connectivity index (χ2n) is 14.6. The summed E-state index contributed by atoms with van der Waals surface area (Å²) < 4.78 is 2.43. The van der Waals surface area contributed by atoms with Gasteiger partial charge < -0.3 is 9.47 Å². The molecule has 10 rings (SSSR count). The molecule has 4 unspecified atom stereocenters. The Morgan fingerprint density at radius 1 is 0.562 bits per heavy atom. The van der Waals surface area contributed by atoms with Crippen molar-refractivity contribution in [3.8, 4) is 16.8 Å². The zero-order valence-electron chi connectivity index (χ0n) is 27.5. The number of nitrogens with zero attached hydrogens (tertiary/aromatic N) is 2. The molecule has 0 saturated heterocycles. The molecule has 2 heteroatoms. The zero-order chi connectivity index (χ0) is 31.8. The second-order valence-corrected chi connectivity index (χ2v) is 14.6. The standard InChI is InChI=1S/C46H40N2/c1-31-27-32-13-12-14-33(28-32)46(31)42-21-10-8-19-38(42)39-25-23-36(29-43(39)46)47(34-15-4-2-5-16-34)37-24-26-41-40-20-9-11-22-44(40)48(45(41)30-37)35-17-6-3-7-18-35/h2-11,15-26,29-33H,12-14,27-28H2,1H3. The highest BCUT2D eigenvalue weighted by Crippen LogP contribution is 2.64. The Hall–Kier alpha value is -5.08. The SMILES string of the molecule is CC1CC2CCCC(C2)C12c1ccccc1-c1ccc(N(c3ccccc3)c3ccc4c5ccccc5n(-c5ccccc5)c4c3)cc12. The Morgan fingerprint density at radius 3 is 2.12 bits per heavy atom. The highest BCUT2D eigenvalue weighted by molar-refractivity contribution is 6.10. The molecule has 0 radical (unpaired) electrons. The van der Waals surface area contributed by atoms with Crippen LogP contribution in [-0.2, 0) is 5.41 Å². The predicted molar refractivity (Wildman–Crippen MR) is 201 cm³/mol. The molecule has 2 fully saturated rings. The largest absolute Gasteiger partial charge is 0.310 e. The van der Waals surface area contributed by atoms with E-state index in [-0.39, 0.29) is 5.41 Å². The van der Waals surface area contributed by atoms with Crippen molar-refractivity contribution in [1.82, 2.24) is 4.57 Å². The van der Waals surface area contributed by atoms with Gasteiger partial charge in [-0.1, -0.05) is 111 Å². The van der Waals surface area contributed by atoms with Crippen LogP contribution >= 0.6 is 0 Å². The lowest BCUT2D eigenvalue weighted by Crippen LogP contribution is -2.48. The lowest BCUT2D eigenvalue weighted by Gasteiger charge is -2.53. The van der Waals surface area contributed by atoms with Crippen LogP contribution in [0.2, 0.25) is 0 Å². The van der Waals surface area contributed by atoms with E-state index in [1.54, 1.807) is 11.1 Å². The maximum Gasteiger partial charge on any atom is 0.0561 e. The quantitative estimate of drug-likeness (QED) is 0.190. The van der Waals surface area contributed by atoms with E-state index >= 15 is 0 Å². The average molecular weight is 621 g/mol. The number of hydrogen-bond acceptors (Lipinski definition) is 1. The molecule has 234 valence electrons. The number of aromatic nitrogens is 1. The van der Waals surface area contributed by atoms with Gasteiger partial charge in [-0.05, 0) is 114 Å². The average Bonchev–Trinajstić information content (AvgIpc) is 3.62. The number of para-hydroxylation sites is 3. The monoisotopic (exact) mass is 620 g/mol. The van der Waals surface area contributed by atoms with Crippen LogP contribution in [0.4, 0.5) is 17.1 Å². The first-order chi connectivity index (χ1) is 23.7. The van der Waals surface area contributed by atoms with Crippen molar-refractivity contribution >= 4 is 38.9 Å². The number of anilines is 3. The van der Waals surface area contributed by atoms with Gasteiger partial charge in [0.1, 0.15) is 0 Å². The van der Waals surface area contributed by atoms with Gasteiger partial charge in [0.15, 0.2) is 0 Å². The van der Waals surface area contributed by atoms with E-state index in [9.17, 15) is 0 Å². The molecule has 3 aliphatic carbocycles. The molecule has 2 nitrogen and oxygen atoms in total. The van der Waals surface area contributed by atoms with E-state index in [0.717, 1.165) is 5.92 Å². The van der Waals surface area contributed by atoms with Crippen LogP contribution in [0, 0.1) is 17.8 Å². The summed E-state index contributed by atoms with van der Waals surface area (Å²) in [6.07, 6.45) is 6.81. The minimum atomic E-state index is 0.0743. The van der Waals surface area contributed by atoms with Crippen molar-refractivity contribution in [2.75, 3.05) is 4.90 Å². The van der Waals surface area contributed by atoms with Crippen LogP contribution in [0.1, 0.15) is 50.2 Å². The van der Waals surface area contributed by atoms with E-state index in [1.165, 1.54) is 87.8 Å². The minimum absolute atomic E-state index is 0.0743. The third-order valence-corrected chi connectivity index (χ3v) is 12.2. The lowest BCUT2D eigenvalue weighted by atomic mass is 9.51. The maximum atomic E-state index is 2.59. The molecule has 3 aliphatic rings. The first kappa shape index (κ1) is 28.0. The van der Waals surface area contributed by atoms with E-state index in [0.29, 0.717) is 11.8 Å². The van der Waals surface area contributed by atoms with Crippen LogP contribution in [0.15, 0.2) is 146 Å². The van der Waals surface area contributed by atoms with Gasteiger partial charge in [-0.2, -0.15) is 0 Å². The number of benzene rings is 6. The zero-order valence-corrected chi connectivity index (χ0v) is 27.5. The summed E-state index contributed by atoms with van der Waals surface area (Å²) in [4.78, 5) is 2.49. The third-order valence-electron chi connectivity index (χ3n) is 12.2. The fourth-order valence-corrected chi connectivity index (χ4v) is 10.4. The van der Waals surface area contributed by atoms with Gasteiger partial charge in [0.2, 0.25) is 0 Å². The minimum Gasteiger partial charge on any atom is -0.310 e. The van der Waals surface area contributed by atoms with Gasteiger partial charge in [0, 0.05) is 38.9 Å². The van der Waals surface area contributed by atoms with Gasteiger partial charge in [-0.25, -0.2) is 0 Å². The molecule has 48 heavy (non-hydrogen) atoms. The Bertz CT molecular complexity index is 2310. The topological polar surface area (TPSA) is 8.17 Å². The van der Waals surface area contributed by atoms with Crippen LogP contribution < -0.4 is 4.90 Å². The predicted octanol–water partition coefficient (Wildman–Crippen LogP) is 12.4. The molecule has 1 spiro atoms. The summed E-state index contributed by atoms with van der Waals surface area (Å²) in [5.74, 6) is 2.19. The normalized spacial score (nSPS) is 22.6. The molecular weight excluding hydrogens is 581 g/mol. The molecule has 0 amide bonds. The fraction of sp³-hybridized carbons (Fsp3) is 0.217. The number of rotatable bonds is 4. The molecule has 1 heterocycles. The van der Waals surface area contributed by atoms with E-state index in [2.05, 4.69) is 162 Å². The first-order valence-electron chi connectivity index (χ1n) is 17.9. The molecule has 2 saturated carbocycles. The van der Waals surface area contributed by atoms with Gasteiger partial charge in [-0.15, -0.1) is 0 Å². The van der Waals surface area contributed by atoms with E-state index in [1.807, 2.05) is 0 Å². The van der Waals surface area contributed by atoms with Crippen molar-refractivity contribution in [2.24, 2.45) is 17.8 Å². The first-order valence-corrected chi connectivity index (χ1v) is 17.9. The van der Waals surface area contributed by atoms with Crippen LogP contribution in [0.5, 0.6) is 0 Å². The Morgan fingerprint density at radius 2 is 1.25 bits per heavy atom. The Kier molecular flexibility index (Phi) is 6.25. The molecule has 0 aliphatic heterocycles. The Balaban J connectivity index is 1.21. The molecule has 0 N–H and O–H groups in total. The third kappa shape index (κ3) is 3.92. The van der Waals surface area contributed by atoms with Crippen LogP contribution in [0.3, 0.4) is 0 Å². The summed E-state index contributed by atoms with van der Waals surface area (Å²) in [6, 6.07) is 54.4. The molecule has 2 bridgehead atoms. The highest BCUT2D eigenvalue weighted by atomic mass is 15.1. The summed E-state index contributed by atoms with van der Waals surface area (Å²) in [6.45, 7) is 2.56. The van der Waals surface area contributed by atoms with Gasteiger partial charge in [-0.3, -0.25) is 0 Å². The molecule has 6 aromatic carbocycles. The molecule has 4 atom stereocenters. The smallest absolute Gasteiger partial charge is 0.0561 e.